The monoisotopic (exact) mass is 327 g/mol. The predicted molar refractivity (Wildman–Crippen MR) is 85.0 cm³/mol. The van der Waals surface area contributed by atoms with E-state index in [1.54, 1.807) is 11.8 Å². The number of nitrogens with one attached hydrogen (secondary N) is 1. The first-order valence-corrected chi connectivity index (χ1v) is 8.02. The van der Waals surface area contributed by atoms with Gasteiger partial charge in [-0.05, 0) is 42.4 Å². The summed E-state index contributed by atoms with van der Waals surface area (Å²) in [4.78, 5) is 1.03. The summed E-state index contributed by atoms with van der Waals surface area (Å²) in [5.74, 6) is -0.446. The van der Waals surface area contributed by atoms with E-state index in [1.165, 1.54) is 12.1 Å². The summed E-state index contributed by atoms with van der Waals surface area (Å²) in [5.41, 5.74) is 0.615. The van der Waals surface area contributed by atoms with Crippen molar-refractivity contribution in [1.29, 1.82) is 0 Å². The molecule has 2 aromatic carbocycles. The van der Waals surface area contributed by atoms with Gasteiger partial charge in [-0.1, -0.05) is 24.6 Å². The third-order valence-electron chi connectivity index (χ3n) is 2.95. The summed E-state index contributed by atoms with van der Waals surface area (Å²) in [6.07, 6.45) is 0. The van der Waals surface area contributed by atoms with Gasteiger partial charge in [0.05, 0.1) is 0 Å². The van der Waals surface area contributed by atoms with Crippen molar-refractivity contribution in [3.63, 3.8) is 0 Å². The number of hydrogen-bond donors (Lipinski definition) is 1. The molecule has 0 radical (unpaired) electrons. The Hall–Kier alpha value is -1.10. The Kier molecular flexibility index (Phi) is 6.03. The zero-order chi connectivity index (χ0) is 15.2. The van der Waals surface area contributed by atoms with Crippen LogP contribution in [0.15, 0.2) is 47.4 Å². The van der Waals surface area contributed by atoms with E-state index in [0.29, 0.717) is 16.3 Å². The van der Waals surface area contributed by atoms with Gasteiger partial charge in [0.15, 0.2) is 0 Å². The SMILES string of the molecule is CCNC(CSc1cccc(Cl)c1)c1cc(F)cc(F)c1. The van der Waals surface area contributed by atoms with E-state index < -0.39 is 11.6 Å². The van der Waals surface area contributed by atoms with E-state index in [0.717, 1.165) is 17.5 Å². The molecule has 0 heterocycles. The molecule has 21 heavy (non-hydrogen) atoms. The van der Waals surface area contributed by atoms with Crippen molar-refractivity contribution in [2.75, 3.05) is 12.3 Å². The Bertz CT molecular complexity index is 586. The van der Waals surface area contributed by atoms with Gasteiger partial charge in [-0.15, -0.1) is 11.8 Å². The maximum Gasteiger partial charge on any atom is 0.126 e. The third kappa shape index (κ3) is 4.99. The number of hydrogen-bond acceptors (Lipinski definition) is 2. The lowest BCUT2D eigenvalue weighted by molar-refractivity contribution is 0.558. The van der Waals surface area contributed by atoms with Crippen LogP contribution in [0, 0.1) is 11.6 Å². The standard InChI is InChI=1S/C16H16ClF2NS/c1-2-20-16(11-6-13(18)9-14(19)7-11)10-21-15-5-3-4-12(17)8-15/h3-9,16,20H,2,10H2,1H3. The number of thioether (sulfide) groups is 1. The van der Waals surface area contributed by atoms with Gasteiger partial charge in [-0.25, -0.2) is 8.78 Å². The van der Waals surface area contributed by atoms with Crippen LogP contribution in [0.1, 0.15) is 18.5 Å². The minimum atomic E-state index is -0.555. The Morgan fingerprint density at radius 2 is 1.86 bits per heavy atom. The molecule has 0 aliphatic carbocycles. The molecule has 0 aliphatic rings. The Morgan fingerprint density at radius 1 is 1.14 bits per heavy atom. The van der Waals surface area contributed by atoms with Gasteiger partial charge in [0, 0.05) is 27.8 Å². The van der Waals surface area contributed by atoms with Crippen molar-refractivity contribution in [3.05, 3.63) is 64.7 Å². The molecule has 2 aromatic rings. The fourth-order valence-electron chi connectivity index (χ4n) is 2.03. The van der Waals surface area contributed by atoms with Crippen LogP contribution < -0.4 is 5.32 Å². The van der Waals surface area contributed by atoms with Crippen LogP contribution in [0.3, 0.4) is 0 Å². The second-order valence-electron chi connectivity index (χ2n) is 4.58. The average Bonchev–Trinajstić information content (AvgIpc) is 2.42. The average molecular weight is 328 g/mol. The number of benzene rings is 2. The van der Waals surface area contributed by atoms with Crippen LogP contribution >= 0.6 is 23.4 Å². The van der Waals surface area contributed by atoms with E-state index in [1.807, 2.05) is 31.2 Å². The zero-order valence-corrected chi connectivity index (χ0v) is 13.1. The quantitative estimate of drug-likeness (QED) is 0.744. The van der Waals surface area contributed by atoms with Crippen LogP contribution in [0.4, 0.5) is 8.78 Å². The first-order valence-electron chi connectivity index (χ1n) is 6.66. The molecule has 1 unspecified atom stereocenters. The lowest BCUT2D eigenvalue weighted by atomic mass is 10.1. The van der Waals surface area contributed by atoms with Crippen molar-refractivity contribution in [2.24, 2.45) is 0 Å². The summed E-state index contributed by atoms with van der Waals surface area (Å²) in [6, 6.07) is 11.0. The molecule has 2 rings (SSSR count). The molecular formula is C16H16ClF2NS. The second kappa shape index (κ2) is 7.78. The normalized spacial score (nSPS) is 12.4. The van der Waals surface area contributed by atoms with E-state index in [2.05, 4.69) is 5.32 Å². The first-order chi connectivity index (χ1) is 10.1. The summed E-state index contributed by atoms with van der Waals surface area (Å²) >= 11 is 7.55. The van der Waals surface area contributed by atoms with E-state index in [9.17, 15) is 8.78 Å². The molecule has 0 spiro atoms. The molecule has 0 amide bonds. The van der Waals surface area contributed by atoms with Crippen LogP contribution in [0.25, 0.3) is 0 Å². The van der Waals surface area contributed by atoms with E-state index in [4.69, 9.17) is 11.6 Å². The van der Waals surface area contributed by atoms with Crippen LogP contribution in [0.5, 0.6) is 0 Å². The van der Waals surface area contributed by atoms with Gasteiger partial charge < -0.3 is 5.32 Å². The highest BCUT2D eigenvalue weighted by Crippen LogP contribution is 2.27. The van der Waals surface area contributed by atoms with Gasteiger partial charge in [-0.2, -0.15) is 0 Å². The minimum absolute atomic E-state index is 0.121. The molecular weight excluding hydrogens is 312 g/mol. The van der Waals surface area contributed by atoms with Crippen LogP contribution in [-0.2, 0) is 0 Å². The van der Waals surface area contributed by atoms with Crippen molar-refractivity contribution >= 4 is 23.4 Å². The number of halogens is 3. The Labute approximate surface area is 132 Å². The predicted octanol–water partition coefficient (Wildman–Crippen LogP) is 5.06. The largest absolute Gasteiger partial charge is 0.309 e. The summed E-state index contributed by atoms with van der Waals surface area (Å²) in [5, 5.41) is 3.93. The van der Waals surface area contributed by atoms with Gasteiger partial charge in [-0.3, -0.25) is 0 Å². The van der Waals surface area contributed by atoms with Gasteiger partial charge >= 0.3 is 0 Å². The molecule has 0 saturated carbocycles. The molecule has 0 saturated heterocycles. The maximum absolute atomic E-state index is 13.4. The molecule has 1 nitrogen and oxygen atoms in total. The zero-order valence-electron chi connectivity index (χ0n) is 11.6. The maximum atomic E-state index is 13.4. The molecule has 0 fully saturated rings. The van der Waals surface area contributed by atoms with Crippen LogP contribution in [0.2, 0.25) is 5.02 Å². The van der Waals surface area contributed by atoms with Crippen molar-refractivity contribution < 1.29 is 8.78 Å². The van der Waals surface area contributed by atoms with E-state index >= 15 is 0 Å². The highest BCUT2D eigenvalue weighted by atomic mass is 35.5. The lowest BCUT2D eigenvalue weighted by Gasteiger charge is -2.18. The summed E-state index contributed by atoms with van der Waals surface area (Å²) in [7, 11) is 0. The third-order valence-corrected chi connectivity index (χ3v) is 4.27. The van der Waals surface area contributed by atoms with Crippen molar-refractivity contribution in [2.45, 2.75) is 17.9 Å². The lowest BCUT2D eigenvalue weighted by Crippen LogP contribution is -2.23. The fourth-order valence-corrected chi connectivity index (χ4v) is 3.34. The van der Waals surface area contributed by atoms with Gasteiger partial charge in [0.2, 0.25) is 0 Å². The minimum Gasteiger partial charge on any atom is -0.309 e. The Morgan fingerprint density at radius 3 is 2.48 bits per heavy atom. The smallest absolute Gasteiger partial charge is 0.126 e. The molecule has 0 aromatic heterocycles. The fraction of sp³-hybridized carbons (Fsp3) is 0.250. The number of rotatable bonds is 6. The molecule has 1 N–H and O–H groups in total. The summed E-state index contributed by atoms with van der Waals surface area (Å²) in [6.45, 7) is 2.69. The summed E-state index contributed by atoms with van der Waals surface area (Å²) < 4.78 is 26.7. The van der Waals surface area contributed by atoms with Crippen molar-refractivity contribution in [1.82, 2.24) is 5.32 Å². The van der Waals surface area contributed by atoms with Crippen LogP contribution in [-0.4, -0.2) is 12.3 Å². The first kappa shape index (κ1) is 16.3. The molecule has 1 atom stereocenters. The highest BCUT2D eigenvalue weighted by Gasteiger charge is 2.13. The molecule has 0 aliphatic heterocycles. The van der Waals surface area contributed by atoms with Gasteiger partial charge in [0.25, 0.3) is 0 Å². The topological polar surface area (TPSA) is 12.0 Å². The highest BCUT2D eigenvalue weighted by molar-refractivity contribution is 7.99. The van der Waals surface area contributed by atoms with Gasteiger partial charge in [0.1, 0.15) is 11.6 Å². The Balaban J connectivity index is 2.11. The van der Waals surface area contributed by atoms with E-state index in [-0.39, 0.29) is 6.04 Å². The second-order valence-corrected chi connectivity index (χ2v) is 6.11. The molecule has 5 heteroatoms. The van der Waals surface area contributed by atoms with Crippen molar-refractivity contribution in [3.8, 4) is 0 Å². The molecule has 0 bridgehead atoms. The molecule has 112 valence electrons.